The lowest BCUT2D eigenvalue weighted by atomic mass is 9.82. The standard InChI is InChI=1S/C16H23NO3/c18-15(17-12-5-3-1-2-4-6-12)13-10-7-8-11(9-10)14(13)16(19)20/h7-8,10-14H,1-6,9H2,(H,17,18)(H,19,20)/t10-,11+,13-,14+/m1/s1. The number of carboxylic acid groups (broad SMARTS) is 1. The topological polar surface area (TPSA) is 66.4 Å². The Morgan fingerprint density at radius 2 is 1.55 bits per heavy atom. The van der Waals surface area contributed by atoms with E-state index in [1.54, 1.807) is 0 Å². The van der Waals surface area contributed by atoms with Gasteiger partial charge in [0.2, 0.25) is 5.91 Å². The molecular formula is C16H23NO3. The molecule has 0 aromatic carbocycles. The van der Waals surface area contributed by atoms with Crippen molar-refractivity contribution in [3.8, 4) is 0 Å². The van der Waals surface area contributed by atoms with Crippen molar-refractivity contribution < 1.29 is 14.7 Å². The number of carbonyl (C=O) groups is 2. The fraction of sp³-hybridized carbons (Fsp3) is 0.750. The maximum Gasteiger partial charge on any atom is 0.307 e. The van der Waals surface area contributed by atoms with Crippen molar-refractivity contribution in [3.05, 3.63) is 12.2 Å². The molecule has 0 aromatic heterocycles. The van der Waals surface area contributed by atoms with Crippen molar-refractivity contribution in [2.45, 2.75) is 51.0 Å². The van der Waals surface area contributed by atoms with Gasteiger partial charge in [0.25, 0.3) is 0 Å². The second-order valence-corrected chi connectivity index (χ2v) is 6.54. The fourth-order valence-corrected chi connectivity index (χ4v) is 4.24. The molecule has 3 rings (SSSR count). The maximum absolute atomic E-state index is 12.5. The molecule has 4 heteroatoms. The molecule has 0 heterocycles. The zero-order valence-corrected chi connectivity index (χ0v) is 11.8. The molecule has 1 amide bonds. The third-order valence-electron chi connectivity index (χ3n) is 5.25. The number of rotatable bonds is 3. The zero-order valence-electron chi connectivity index (χ0n) is 11.8. The van der Waals surface area contributed by atoms with E-state index in [9.17, 15) is 14.7 Å². The molecular weight excluding hydrogens is 254 g/mol. The van der Waals surface area contributed by atoms with Gasteiger partial charge in [-0.15, -0.1) is 0 Å². The molecule has 0 aliphatic heterocycles. The first-order valence-electron chi connectivity index (χ1n) is 7.88. The number of carboxylic acids is 1. The third kappa shape index (κ3) is 2.48. The minimum Gasteiger partial charge on any atom is -0.481 e. The average molecular weight is 277 g/mol. The van der Waals surface area contributed by atoms with Crippen LogP contribution in [-0.2, 0) is 9.59 Å². The summed E-state index contributed by atoms with van der Waals surface area (Å²) in [5.74, 6) is -1.53. The van der Waals surface area contributed by atoms with E-state index in [0.29, 0.717) is 0 Å². The molecule has 0 radical (unpaired) electrons. The zero-order chi connectivity index (χ0) is 14.1. The third-order valence-corrected chi connectivity index (χ3v) is 5.25. The first-order valence-corrected chi connectivity index (χ1v) is 7.88. The molecule has 2 fully saturated rings. The van der Waals surface area contributed by atoms with Crippen LogP contribution in [0.4, 0.5) is 0 Å². The largest absolute Gasteiger partial charge is 0.481 e. The molecule has 0 aromatic rings. The van der Waals surface area contributed by atoms with Gasteiger partial charge in [0.05, 0.1) is 11.8 Å². The Morgan fingerprint density at radius 1 is 0.950 bits per heavy atom. The van der Waals surface area contributed by atoms with Crippen molar-refractivity contribution >= 4 is 11.9 Å². The number of amides is 1. The van der Waals surface area contributed by atoms with E-state index in [-0.39, 0.29) is 29.7 Å². The monoisotopic (exact) mass is 277 g/mol. The second-order valence-electron chi connectivity index (χ2n) is 6.54. The minimum absolute atomic E-state index is 0.0267. The van der Waals surface area contributed by atoms with Gasteiger partial charge in [-0.3, -0.25) is 9.59 Å². The van der Waals surface area contributed by atoms with Crippen LogP contribution >= 0.6 is 0 Å². The van der Waals surface area contributed by atoms with Crippen LogP contribution in [0.25, 0.3) is 0 Å². The fourth-order valence-electron chi connectivity index (χ4n) is 4.24. The molecule has 0 unspecified atom stereocenters. The molecule has 4 atom stereocenters. The predicted molar refractivity (Wildman–Crippen MR) is 75.0 cm³/mol. The van der Waals surface area contributed by atoms with Crippen LogP contribution in [0.3, 0.4) is 0 Å². The summed E-state index contributed by atoms with van der Waals surface area (Å²) < 4.78 is 0. The highest BCUT2D eigenvalue weighted by molar-refractivity contribution is 5.87. The number of hydrogen-bond acceptors (Lipinski definition) is 2. The molecule has 2 bridgehead atoms. The number of aliphatic carboxylic acids is 1. The number of hydrogen-bond donors (Lipinski definition) is 2. The highest BCUT2D eigenvalue weighted by Crippen LogP contribution is 2.48. The van der Waals surface area contributed by atoms with Gasteiger partial charge in [0.15, 0.2) is 0 Å². The van der Waals surface area contributed by atoms with Gasteiger partial charge in [0.1, 0.15) is 0 Å². The predicted octanol–water partition coefficient (Wildman–Crippen LogP) is 2.35. The van der Waals surface area contributed by atoms with E-state index in [2.05, 4.69) is 5.32 Å². The highest BCUT2D eigenvalue weighted by Gasteiger charge is 2.51. The molecule has 3 aliphatic rings. The Hall–Kier alpha value is -1.32. The summed E-state index contributed by atoms with van der Waals surface area (Å²) in [5, 5.41) is 12.5. The summed E-state index contributed by atoms with van der Waals surface area (Å²) in [6.07, 6.45) is 11.8. The van der Waals surface area contributed by atoms with Crippen molar-refractivity contribution in [2.24, 2.45) is 23.7 Å². The van der Waals surface area contributed by atoms with E-state index >= 15 is 0 Å². The van der Waals surface area contributed by atoms with E-state index < -0.39 is 11.9 Å². The van der Waals surface area contributed by atoms with Gasteiger partial charge in [0, 0.05) is 6.04 Å². The maximum atomic E-state index is 12.5. The highest BCUT2D eigenvalue weighted by atomic mass is 16.4. The Kier molecular flexibility index (Phi) is 3.81. The minimum atomic E-state index is -0.817. The van der Waals surface area contributed by atoms with Gasteiger partial charge < -0.3 is 10.4 Å². The number of carbonyl (C=O) groups excluding carboxylic acids is 1. The van der Waals surface area contributed by atoms with Crippen molar-refractivity contribution in [3.63, 3.8) is 0 Å². The summed E-state index contributed by atoms with van der Waals surface area (Å²) in [4.78, 5) is 24.0. The number of allylic oxidation sites excluding steroid dienone is 2. The van der Waals surface area contributed by atoms with Crippen molar-refractivity contribution in [1.82, 2.24) is 5.32 Å². The number of fused-ring (bicyclic) bond motifs is 2. The summed E-state index contributed by atoms with van der Waals surface area (Å²) in [5.41, 5.74) is 0. The second kappa shape index (κ2) is 5.58. The smallest absolute Gasteiger partial charge is 0.307 e. The first kappa shape index (κ1) is 13.7. The summed E-state index contributed by atoms with van der Waals surface area (Å²) in [6.45, 7) is 0. The lowest BCUT2D eigenvalue weighted by molar-refractivity contribution is -0.148. The molecule has 0 spiro atoms. The lowest BCUT2D eigenvalue weighted by Gasteiger charge is -2.26. The molecule has 20 heavy (non-hydrogen) atoms. The van der Waals surface area contributed by atoms with Crippen LogP contribution in [0, 0.1) is 23.7 Å². The van der Waals surface area contributed by atoms with Crippen LogP contribution < -0.4 is 5.32 Å². The summed E-state index contributed by atoms with van der Waals surface area (Å²) in [7, 11) is 0. The van der Waals surface area contributed by atoms with Crippen molar-refractivity contribution in [2.75, 3.05) is 0 Å². The van der Waals surface area contributed by atoms with E-state index in [1.165, 1.54) is 25.7 Å². The van der Waals surface area contributed by atoms with Crippen LogP contribution in [0.15, 0.2) is 12.2 Å². The molecule has 3 aliphatic carbocycles. The van der Waals surface area contributed by atoms with Crippen LogP contribution in [0.1, 0.15) is 44.9 Å². The van der Waals surface area contributed by atoms with Crippen LogP contribution in [0.2, 0.25) is 0 Å². The van der Waals surface area contributed by atoms with E-state index in [4.69, 9.17) is 0 Å². The molecule has 2 saturated carbocycles. The number of nitrogens with one attached hydrogen (secondary N) is 1. The van der Waals surface area contributed by atoms with Crippen molar-refractivity contribution in [1.29, 1.82) is 0 Å². The van der Waals surface area contributed by atoms with Gasteiger partial charge in [-0.25, -0.2) is 0 Å². The summed E-state index contributed by atoms with van der Waals surface area (Å²) >= 11 is 0. The van der Waals surface area contributed by atoms with Gasteiger partial charge in [-0.2, -0.15) is 0 Å². The molecule has 2 N–H and O–H groups in total. The van der Waals surface area contributed by atoms with Gasteiger partial charge in [-0.1, -0.05) is 37.8 Å². The Labute approximate surface area is 119 Å². The average Bonchev–Trinajstić information content (AvgIpc) is 2.93. The molecule has 0 saturated heterocycles. The van der Waals surface area contributed by atoms with E-state index in [1.807, 2.05) is 12.2 Å². The summed E-state index contributed by atoms with van der Waals surface area (Å²) in [6, 6.07) is 0.252. The quantitative estimate of drug-likeness (QED) is 0.614. The normalized spacial score (nSPS) is 36.8. The van der Waals surface area contributed by atoms with Crippen LogP contribution in [-0.4, -0.2) is 23.0 Å². The van der Waals surface area contributed by atoms with Gasteiger partial charge in [-0.05, 0) is 31.1 Å². The Morgan fingerprint density at radius 3 is 2.15 bits per heavy atom. The lowest BCUT2D eigenvalue weighted by Crippen LogP contribution is -2.44. The van der Waals surface area contributed by atoms with E-state index in [0.717, 1.165) is 19.3 Å². The Balaban J connectivity index is 1.66. The molecule has 4 nitrogen and oxygen atoms in total. The van der Waals surface area contributed by atoms with Gasteiger partial charge >= 0.3 is 5.97 Å². The van der Waals surface area contributed by atoms with Crippen LogP contribution in [0.5, 0.6) is 0 Å². The molecule has 110 valence electrons. The SMILES string of the molecule is O=C(O)[C@@H]1[C@H](C(=O)NC2CCCCCC2)[C@@H]2C=C[C@H]1C2. The Bertz CT molecular complexity index is 423. The first-order chi connectivity index (χ1) is 9.66.